The summed E-state index contributed by atoms with van der Waals surface area (Å²) in [6, 6.07) is 4.11. The van der Waals surface area contributed by atoms with E-state index in [4.69, 9.17) is 11.5 Å². The first-order chi connectivity index (χ1) is 8.41. The van der Waals surface area contributed by atoms with E-state index < -0.39 is 23.6 Å². The summed E-state index contributed by atoms with van der Waals surface area (Å²) in [6.07, 6.45) is 0. The third-order valence-electron chi connectivity index (χ3n) is 2.87. The lowest BCUT2D eigenvalue weighted by Gasteiger charge is -2.19. The number of ketones is 1. The molecule has 94 valence electrons. The summed E-state index contributed by atoms with van der Waals surface area (Å²) in [6.45, 7) is 1.74. The Hall–Kier alpha value is -2.21. The second-order valence-corrected chi connectivity index (χ2v) is 4.27. The van der Waals surface area contributed by atoms with Crippen LogP contribution in [0, 0.1) is 6.92 Å². The summed E-state index contributed by atoms with van der Waals surface area (Å²) < 4.78 is 0. The largest absolute Gasteiger partial charge is 0.368 e. The van der Waals surface area contributed by atoms with Gasteiger partial charge in [-0.15, -0.1) is 0 Å². The number of fused-ring (bicyclic) bond motifs is 1. The van der Waals surface area contributed by atoms with Gasteiger partial charge in [-0.1, -0.05) is 11.6 Å². The Morgan fingerprint density at radius 1 is 1.39 bits per heavy atom. The summed E-state index contributed by atoms with van der Waals surface area (Å²) in [4.78, 5) is 35.7. The van der Waals surface area contributed by atoms with Crippen LogP contribution in [0.5, 0.6) is 0 Å². The van der Waals surface area contributed by atoms with E-state index in [9.17, 15) is 14.4 Å². The molecule has 0 radical (unpaired) electrons. The van der Waals surface area contributed by atoms with E-state index in [1.165, 1.54) is 4.90 Å². The molecule has 0 fully saturated rings. The first-order valence-electron chi connectivity index (χ1n) is 5.43. The SMILES string of the molecule is Cc1ccc2c(c1)C(=O)C(=O)N2CC(N)C(N)=O. The third-order valence-corrected chi connectivity index (χ3v) is 2.87. The van der Waals surface area contributed by atoms with E-state index in [0.29, 0.717) is 11.3 Å². The summed E-state index contributed by atoms with van der Waals surface area (Å²) in [7, 11) is 0. The fourth-order valence-electron chi connectivity index (χ4n) is 1.88. The van der Waals surface area contributed by atoms with Crippen molar-refractivity contribution in [3.63, 3.8) is 0 Å². The highest BCUT2D eigenvalue weighted by Gasteiger charge is 2.36. The number of Topliss-reactive ketones (excluding diaryl/α,β-unsaturated/α-hetero) is 1. The summed E-state index contributed by atoms with van der Waals surface area (Å²) in [5, 5.41) is 0. The topological polar surface area (TPSA) is 106 Å². The van der Waals surface area contributed by atoms with Crippen molar-refractivity contribution < 1.29 is 14.4 Å². The normalized spacial score (nSPS) is 15.8. The molecule has 1 unspecified atom stereocenters. The monoisotopic (exact) mass is 247 g/mol. The lowest BCUT2D eigenvalue weighted by Crippen LogP contribution is -2.47. The molecule has 0 saturated heterocycles. The highest BCUT2D eigenvalue weighted by Crippen LogP contribution is 2.29. The van der Waals surface area contributed by atoms with Gasteiger partial charge in [0.2, 0.25) is 5.91 Å². The maximum atomic E-state index is 11.8. The number of aryl methyl sites for hydroxylation is 1. The molecule has 1 heterocycles. The van der Waals surface area contributed by atoms with Gasteiger partial charge in [0.05, 0.1) is 17.8 Å². The average Bonchev–Trinajstić information content (AvgIpc) is 2.54. The minimum atomic E-state index is -0.992. The number of carbonyl (C=O) groups is 3. The number of primary amides is 1. The third kappa shape index (κ3) is 1.86. The van der Waals surface area contributed by atoms with E-state index in [0.717, 1.165) is 5.56 Å². The van der Waals surface area contributed by atoms with Crippen molar-refractivity contribution in [1.82, 2.24) is 0 Å². The molecule has 1 aromatic rings. The summed E-state index contributed by atoms with van der Waals surface area (Å²) >= 11 is 0. The number of nitrogens with zero attached hydrogens (tertiary/aromatic N) is 1. The molecule has 2 rings (SSSR count). The number of rotatable bonds is 3. The Morgan fingerprint density at radius 3 is 2.67 bits per heavy atom. The second kappa shape index (κ2) is 4.23. The van der Waals surface area contributed by atoms with Crippen LogP contribution in [-0.4, -0.2) is 30.2 Å². The molecule has 2 amide bonds. The standard InChI is InChI=1S/C12H13N3O3/c1-6-2-3-9-7(4-6)10(16)12(18)15(9)5-8(13)11(14)17/h2-4,8H,5,13H2,1H3,(H2,14,17). The van der Waals surface area contributed by atoms with Gasteiger partial charge < -0.3 is 16.4 Å². The van der Waals surface area contributed by atoms with E-state index in [1.54, 1.807) is 18.2 Å². The van der Waals surface area contributed by atoms with Gasteiger partial charge >= 0.3 is 0 Å². The van der Waals surface area contributed by atoms with Crippen molar-refractivity contribution in [3.05, 3.63) is 29.3 Å². The van der Waals surface area contributed by atoms with Crippen LogP contribution in [0.1, 0.15) is 15.9 Å². The first kappa shape index (κ1) is 12.3. The molecule has 0 aromatic heterocycles. The minimum Gasteiger partial charge on any atom is -0.368 e. The van der Waals surface area contributed by atoms with Gasteiger partial charge in [0, 0.05) is 0 Å². The van der Waals surface area contributed by atoms with Gasteiger partial charge in [-0.3, -0.25) is 14.4 Å². The fraction of sp³-hybridized carbons (Fsp3) is 0.250. The number of nitrogens with two attached hydrogens (primary N) is 2. The van der Waals surface area contributed by atoms with Crippen molar-refractivity contribution in [2.75, 3.05) is 11.4 Å². The second-order valence-electron chi connectivity index (χ2n) is 4.27. The molecule has 0 bridgehead atoms. The molecule has 1 aliphatic rings. The maximum absolute atomic E-state index is 11.8. The van der Waals surface area contributed by atoms with E-state index in [1.807, 2.05) is 6.92 Å². The van der Waals surface area contributed by atoms with Crippen LogP contribution in [0.4, 0.5) is 5.69 Å². The number of benzene rings is 1. The average molecular weight is 247 g/mol. The summed E-state index contributed by atoms with van der Waals surface area (Å²) in [5.74, 6) is -1.96. The number of carbonyl (C=O) groups excluding carboxylic acids is 3. The number of anilines is 1. The van der Waals surface area contributed by atoms with Crippen molar-refractivity contribution in [1.29, 1.82) is 0 Å². The number of hydrogen-bond acceptors (Lipinski definition) is 4. The molecule has 1 aliphatic heterocycles. The van der Waals surface area contributed by atoms with Crippen LogP contribution in [0.3, 0.4) is 0 Å². The van der Waals surface area contributed by atoms with Gasteiger partial charge in [-0.2, -0.15) is 0 Å². The smallest absolute Gasteiger partial charge is 0.299 e. The summed E-state index contributed by atoms with van der Waals surface area (Å²) in [5.41, 5.74) is 12.3. The van der Waals surface area contributed by atoms with E-state index in [-0.39, 0.29) is 6.54 Å². The molecular formula is C12H13N3O3. The molecule has 6 heteroatoms. The number of amides is 2. The van der Waals surface area contributed by atoms with Crippen LogP contribution < -0.4 is 16.4 Å². The minimum absolute atomic E-state index is 0.0873. The van der Waals surface area contributed by atoms with Gasteiger partial charge in [0.25, 0.3) is 11.7 Å². The van der Waals surface area contributed by atoms with E-state index >= 15 is 0 Å². The van der Waals surface area contributed by atoms with E-state index in [2.05, 4.69) is 0 Å². The van der Waals surface area contributed by atoms with Gasteiger partial charge in [-0.25, -0.2) is 0 Å². The Kier molecular flexibility index (Phi) is 2.88. The highest BCUT2D eigenvalue weighted by molar-refractivity contribution is 6.52. The lowest BCUT2D eigenvalue weighted by molar-refractivity contribution is -0.119. The van der Waals surface area contributed by atoms with Crippen LogP contribution >= 0.6 is 0 Å². The molecule has 18 heavy (non-hydrogen) atoms. The lowest BCUT2D eigenvalue weighted by atomic mass is 10.1. The predicted octanol–water partition coefficient (Wildman–Crippen LogP) is -0.663. The van der Waals surface area contributed by atoms with Crippen LogP contribution in [0.2, 0.25) is 0 Å². The Bertz CT molecular complexity index is 553. The molecule has 0 spiro atoms. The maximum Gasteiger partial charge on any atom is 0.299 e. The van der Waals surface area contributed by atoms with Crippen LogP contribution in [0.25, 0.3) is 0 Å². The Labute approximate surface area is 104 Å². The quantitative estimate of drug-likeness (QED) is 0.691. The van der Waals surface area contributed by atoms with Crippen molar-refractivity contribution in [3.8, 4) is 0 Å². The molecule has 1 atom stereocenters. The number of hydrogen-bond donors (Lipinski definition) is 2. The molecule has 1 aromatic carbocycles. The van der Waals surface area contributed by atoms with Gasteiger partial charge in [-0.05, 0) is 19.1 Å². The molecule has 6 nitrogen and oxygen atoms in total. The Balaban J connectivity index is 2.37. The molecule has 0 saturated carbocycles. The fourth-order valence-corrected chi connectivity index (χ4v) is 1.88. The molecular weight excluding hydrogens is 234 g/mol. The predicted molar refractivity (Wildman–Crippen MR) is 65.0 cm³/mol. The zero-order valence-electron chi connectivity index (χ0n) is 9.84. The van der Waals surface area contributed by atoms with Crippen LogP contribution in [0.15, 0.2) is 18.2 Å². The molecule has 4 N–H and O–H groups in total. The highest BCUT2D eigenvalue weighted by atomic mass is 16.2. The zero-order chi connectivity index (χ0) is 13.4. The zero-order valence-corrected chi connectivity index (χ0v) is 9.84. The van der Waals surface area contributed by atoms with Gasteiger partial charge in [0.1, 0.15) is 6.04 Å². The van der Waals surface area contributed by atoms with Crippen molar-refractivity contribution >= 4 is 23.3 Å². The van der Waals surface area contributed by atoms with Crippen LogP contribution in [-0.2, 0) is 9.59 Å². The van der Waals surface area contributed by atoms with Gasteiger partial charge in [0.15, 0.2) is 0 Å². The molecule has 0 aliphatic carbocycles. The van der Waals surface area contributed by atoms with Crippen molar-refractivity contribution in [2.45, 2.75) is 13.0 Å². The Morgan fingerprint density at radius 2 is 2.06 bits per heavy atom. The first-order valence-corrected chi connectivity index (χ1v) is 5.43. The van der Waals surface area contributed by atoms with Crippen molar-refractivity contribution in [2.24, 2.45) is 11.5 Å².